The van der Waals surface area contributed by atoms with Crippen molar-refractivity contribution in [3.8, 4) is 0 Å². The molecule has 4 aromatic carbocycles. The Labute approximate surface area is 334 Å². The number of ether oxygens (including phenoxy) is 1. The number of hydrogen-bond donors (Lipinski definition) is 3. The van der Waals surface area contributed by atoms with Gasteiger partial charge in [0.25, 0.3) is 0 Å². The van der Waals surface area contributed by atoms with Crippen LogP contribution in [0.4, 0.5) is 8.78 Å². The number of hydrogen-bond acceptors (Lipinski definition) is 6. The van der Waals surface area contributed by atoms with Gasteiger partial charge in [-0.1, -0.05) is 111 Å². The topological polar surface area (TPSA) is 111 Å². The van der Waals surface area contributed by atoms with E-state index in [1.807, 2.05) is 105 Å². The highest BCUT2D eigenvalue weighted by molar-refractivity contribution is 5.96. The molecule has 302 valence electrons. The van der Waals surface area contributed by atoms with Crippen LogP contribution in [0.15, 0.2) is 109 Å². The molecule has 6 rings (SSSR count). The second-order valence-electron chi connectivity index (χ2n) is 15.4. The van der Waals surface area contributed by atoms with Gasteiger partial charge in [0.1, 0.15) is 23.2 Å². The second-order valence-corrected chi connectivity index (χ2v) is 15.4. The molecule has 0 aromatic heterocycles. The molecule has 0 spiro atoms. The van der Waals surface area contributed by atoms with E-state index in [0.717, 1.165) is 22.8 Å². The molecule has 0 radical (unpaired) electrons. The smallest absolute Gasteiger partial charge is 0.249 e. The van der Waals surface area contributed by atoms with Crippen molar-refractivity contribution in [2.75, 3.05) is 26.3 Å². The lowest BCUT2D eigenvalue weighted by atomic mass is 9.81. The molecule has 6 atom stereocenters. The van der Waals surface area contributed by atoms with Crippen LogP contribution in [0.1, 0.15) is 68.3 Å². The Balaban J connectivity index is 1.37. The fraction of sp³-hybridized carbons (Fsp3) is 0.413. The van der Waals surface area contributed by atoms with Crippen LogP contribution in [-0.4, -0.2) is 88.7 Å². The predicted octanol–water partition coefficient (Wildman–Crippen LogP) is 6.00. The summed E-state index contributed by atoms with van der Waals surface area (Å²) in [4.78, 5) is 45.6. The normalized spacial score (nSPS) is 20.9. The van der Waals surface area contributed by atoms with Crippen molar-refractivity contribution in [1.82, 2.24) is 20.4 Å². The summed E-state index contributed by atoms with van der Waals surface area (Å²) < 4.78 is 35.3. The number of rotatable bonds is 16. The summed E-state index contributed by atoms with van der Waals surface area (Å²) in [6.07, 6.45) is 0.318. The molecular weight excluding hydrogens is 727 g/mol. The van der Waals surface area contributed by atoms with Gasteiger partial charge in [0.2, 0.25) is 17.7 Å². The van der Waals surface area contributed by atoms with E-state index >= 15 is 0 Å². The van der Waals surface area contributed by atoms with Gasteiger partial charge in [-0.05, 0) is 66.0 Å². The van der Waals surface area contributed by atoms with Crippen LogP contribution in [0, 0.1) is 17.6 Å². The van der Waals surface area contributed by atoms with Crippen LogP contribution in [0.25, 0.3) is 0 Å². The summed E-state index contributed by atoms with van der Waals surface area (Å²) in [5.74, 6) is -2.91. The minimum Gasteiger partial charge on any atom is -0.389 e. The zero-order chi connectivity index (χ0) is 40.5. The Morgan fingerprint density at radius 1 is 0.895 bits per heavy atom. The van der Waals surface area contributed by atoms with Crippen molar-refractivity contribution in [1.29, 1.82) is 0 Å². The summed E-state index contributed by atoms with van der Waals surface area (Å²) >= 11 is 0. The quantitative estimate of drug-likeness (QED) is 0.129. The van der Waals surface area contributed by atoms with Gasteiger partial charge in [-0.3, -0.25) is 19.3 Å². The van der Waals surface area contributed by atoms with Crippen LogP contribution in [0.3, 0.4) is 0 Å². The Bertz CT molecular complexity index is 1890. The zero-order valence-electron chi connectivity index (χ0n) is 33.0. The van der Waals surface area contributed by atoms with Crippen molar-refractivity contribution in [2.24, 2.45) is 5.92 Å². The first kappa shape index (κ1) is 41.7. The van der Waals surface area contributed by atoms with Crippen molar-refractivity contribution in [3.63, 3.8) is 0 Å². The number of aliphatic hydroxyl groups is 1. The van der Waals surface area contributed by atoms with E-state index in [9.17, 15) is 28.3 Å². The molecule has 0 saturated carbocycles. The van der Waals surface area contributed by atoms with E-state index in [1.165, 1.54) is 19.1 Å². The molecular formula is C46H54F2N4O5. The third kappa shape index (κ3) is 9.77. The summed E-state index contributed by atoms with van der Waals surface area (Å²) in [6, 6.07) is 29.8. The maximum Gasteiger partial charge on any atom is 0.249 e. The summed E-state index contributed by atoms with van der Waals surface area (Å²) in [6.45, 7) is 6.53. The largest absolute Gasteiger partial charge is 0.389 e. The van der Waals surface area contributed by atoms with Crippen molar-refractivity contribution in [2.45, 2.75) is 88.7 Å². The van der Waals surface area contributed by atoms with Crippen molar-refractivity contribution < 1.29 is 33.0 Å². The number of amides is 3. The molecule has 2 saturated heterocycles. The van der Waals surface area contributed by atoms with E-state index in [0.29, 0.717) is 32.4 Å². The fourth-order valence-electron chi connectivity index (χ4n) is 8.68. The maximum absolute atomic E-state index is 14.9. The van der Waals surface area contributed by atoms with Gasteiger partial charge in [-0.15, -0.1) is 0 Å². The van der Waals surface area contributed by atoms with Gasteiger partial charge in [0, 0.05) is 26.1 Å². The minimum atomic E-state index is -1.28. The van der Waals surface area contributed by atoms with Gasteiger partial charge in [-0.2, -0.15) is 0 Å². The van der Waals surface area contributed by atoms with Crippen LogP contribution in [0.5, 0.6) is 0 Å². The monoisotopic (exact) mass is 780 g/mol. The summed E-state index contributed by atoms with van der Waals surface area (Å²) in [7, 11) is 0. The van der Waals surface area contributed by atoms with Gasteiger partial charge in [0.05, 0.1) is 37.4 Å². The first-order valence-electron chi connectivity index (χ1n) is 20.0. The molecule has 4 aromatic rings. The number of carbonyl (C=O) groups excluding carboxylic acids is 3. The maximum atomic E-state index is 14.9. The van der Waals surface area contributed by atoms with Crippen LogP contribution < -0.4 is 10.6 Å². The number of halogens is 2. The molecule has 11 heteroatoms. The number of aryl methyl sites for hydroxylation is 1. The van der Waals surface area contributed by atoms with Crippen LogP contribution >= 0.6 is 0 Å². The molecule has 3 amide bonds. The van der Waals surface area contributed by atoms with Crippen LogP contribution in [0.2, 0.25) is 0 Å². The van der Waals surface area contributed by atoms with E-state index < -0.39 is 47.3 Å². The van der Waals surface area contributed by atoms with E-state index in [2.05, 4.69) is 15.5 Å². The Kier molecular flexibility index (Phi) is 13.9. The number of nitrogens with zero attached hydrogens (tertiary/aromatic N) is 2. The minimum absolute atomic E-state index is 0.102. The Hall–Kier alpha value is -4.97. The van der Waals surface area contributed by atoms with Gasteiger partial charge in [0.15, 0.2) is 0 Å². The first-order chi connectivity index (χ1) is 27.5. The zero-order valence-corrected chi connectivity index (χ0v) is 33.0. The van der Waals surface area contributed by atoms with E-state index in [-0.39, 0.29) is 55.3 Å². The van der Waals surface area contributed by atoms with Gasteiger partial charge in [-0.25, -0.2) is 8.78 Å². The van der Waals surface area contributed by atoms with Gasteiger partial charge < -0.3 is 25.4 Å². The lowest BCUT2D eigenvalue weighted by Crippen LogP contribution is -2.62. The molecule has 9 nitrogen and oxygen atoms in total. The molecule has 2 fully saturated rings. The third-order valence-electron chi connectivity index (χ3n) is 11.8. The lowest BCUT2D eigenvalue weighted by molar-refractivity contribution is -0.144. The average Bonchev–Trinajstić information content (AvgIpc) is 3.53. The lowest BCUT2D eigenvalue weighted by Gasteiger charge is -2.45. The second kappa shape index (κ2) is 19.0. The number of aliphatic hydroxyl groups excluding tert-OH is 1. The van der Waals surface area contributed by atoms with E-state index in [4.69, 9.17) is 4.74 Å². The third-order valence-corrected chi connectivity index (χ3v) is 11.8. The predicted molar refractivity (Wildman–Crippen MR) is 215 cm³/mol. The van der Waals surface area contributed by atoms with Crippen molar-refractivity contribution in [3.05, 3.63) is 143 Å². The highest BCUT2D eigenvalue weighted by atomic mass is 19.1. The van der Waals surface area contributed by atoms with Crippen molar-refractivity contribution >= 4 is 17.7 Å². The van der Waals surface area contributed by atoms with E-state index in [1.54, 1.807) is 4.90 Å². The molecule has 0 aliphatic carbocycles. The molecule has 57 heavy (non-hydrogen) atoms. The number of nitrogens with one attached hydrogen (secondary N) is 2. The molecule has 2 aliphatic heterocycles. The molecule has 3 unspecified atom stereocenters. The van der Waals surface area contributed by atoms with Gasteiger partial charge >= 0.3 is 0 Å². The first-order valence-corrected chi connectivity index (χ1v) is 20.0. The SMILES string of the molecule is CC[C@@H](C)C1(NC(C)=O)CCN(C(CCc2ccccc2)C(=O)N[C@@H](Cc2cc(F)cc(F)c2)[C@H](O)C2COCCN2C(c2ccccc2)c2ccccc2)C1=O. The highest BCUT2D eigenvalue weighted by Crippen LogP contribution is 2.36. The highest BCUT2D eigenvalue weighted by Gasteiger charge is 2.53. The standard InChI is InChI=1S/C46H54F2N4O5/c1-4-31(2)46(50-32(3)53)22-23-52(45(46)56)40(21-20-33-14-8-5-9-15-33)44(55)49-39(28-34-26-37(47)29-38(48)27-34)43(54)41-30-57-25-24-51(41)42(35-16-10-6-11-17-35)36-18-12-7-13-19-36/h5-19,26-27,29,31,39-43,54H,4,20-25,28,30H2,1-3H3,(H,49,55)(H,50,53)/t31-,39+,40?,41?,43+,46?/m1/s1. The fourth-order valence-corrected chi connectivity index (χ4v) is 8.68. The molecule has 0 bridgehead atoms. The number of morpholine rings is 1. The van der Waals surface area contributed by atoms with Crippen LogP contribution in [-0.2, 0) is 32.0 Å². The molecule has 2 aliphatic rings. The number of carbonyl (C=O) groups is 3. The Morgan fingerprint density at radius 2 is 1.49 bits per heavy atom. The Morgan fingerprint density at radius 3 is 2.07 bits per heavy atom. The number of likely N-dealkylation sites (tertiary alicyclic amines) is 1. The summed E-state index contributed by atoms with van der Waals surface area (Å²) in [5, 5.41) is 18.6. The molecule has 3 N–H and O–H groups in total. The summed E-state index contributed by atoms with van der Waals surface area (Å²) in [5.41, 5.74) is 2.07. The number of benzene rings is 4. The molecule has 2 heterocycles. The average molecular weight is 781 g/mol.